The fraction of sp³-hybridized carbons (Fsp3) is 0.455. The highest BCUT2D eigenvalue weighted by Gasteiger charge is 1.85. The third kappa shape index (κ3) is 4.60. The standard InChI is InChI=1S/C11H15/c1-2-4-6-8-10-11-9-7-5-3-1/h1-5H,6,8-11H2/b3-1-,4-2-,7-5?. The van der Waals surface area contributed by atoms with E-state index in [0.717, 1.165) is 6.42 Å². The van der Waals surface area contributed by atoms with Gasteiger partial charge in [-0.3, -0.25) is 0 Å². The highest BCUT2D eigenvalue weighted by molar-refractivity contribution is 5.09. The lowest BCUT2D eigenvalue weighted by Crippen LogP contribution is -1.74. The average molecular weight is 147 g/mol. The van der Waals surface area contributed by atoms with Gasteiger partial charge < -0.3 is 0 Å². The largest absolute Gasteiger partial charge is 0.0845 e. The molecule has 0 heterocycles. The number of hydrogen-bond acceptors (Lipinski definition) is 0. The van der Waals surface area contributed by atoms with Crippen LogP contribution in [0.5, 0.6) is 0 Å². The van der Waals surface area contributed by atoms with Crippen molar-refractivity contribution in [1.82, 2.24) is 0 Å². The predicted octanol–water partition coefficient (Wildman–Crippen LogP) is 3.42. The van der Waals surface area contributed by atoms with Gasteiger partial charge in [0, 0.05) is 0 Å². The van der Waals surface area contributed by atoms with Gasteiger partial charge in [-0.2, -0.15) is 0 Å². The molecule has 0 saturated carbocycles. The average Bonchev–Trinajstić information content (AvgIpc) is 2.08. The van der Waals surface area contributed by atoms with Gasteiger partial charge in [-0.05, 0) is 31.8 Å². The monoisotopic (exact) mass is 147 g/mol. The SMILES string of the molecule is [C]1=C/C=C\C=C/CCCCC\1. The molecular weight excluding hydrogens is 132 g/mol. The van der Waals surface area contributed by atoms with Crippen molar-refractivity contribution in [3.8, 4) is 0 Å². The molecule has 0 nitrogen and oxygen atoms in total. The van der Waals surface area contributed by atoms with E-state index in [9.17, 15) is 0 Å². The summed E-state index contributed by atoms with van der Waals surface area (Å²) in [4.78, 5) is 0. The minimum Gasteiger partial charge on any atom is -0.0845 e. The van der Waals surface area contributed by atoms with Crippen LogP contribution in [0.4, 0.5) is 0 Å². The van der Waals surface area contributed by atoms with Gasteiger partial charge in [0.05, 0.1) is 0 Å². The molecule has 1 aliphatic rings. The second kappa shape index (κ2) is 5.96. The number of allylic oxidation sites excluding steroid dienone is 6. The van der Waals surface area contributed by atoms with Crippen molar-refractivity contribution in [2.75, 3.05) is 0 Å². The lowest BCUT2D eigenvalue weighted by atomic mass is 10.1. The third-order valence-electron chi connectivity index (χ3n) is 1.76. The first-order chi connectivity index (χ1) is 5.50. The second-order valence-corrected chi connectivity index (χ2v) is 2.78. The molecule has 0 atom stereocenters. The van der Waals surface area contributed by atoms with Crippen LogP contribution in [0.25, 0.3) is 0 Å². The van der Waals surface area contributed by atoms with Crippen LogP contribution >= 0.6 is 0 Å². The zero-order valence-electron chi connectivity index (χ0n) is 6.92. The summed E-state index contributed by atoms with van der Waals surface area (Å²) in [6, 6.07) is 0. The van der Waals surface area contributed by atoms with Crippen LogP contribution in [0, 0.1) is 6.08 Å². The first-order valence-corrected chi connectivity index (χ1v) is 4.38. The van der Waals surface area contributed by atoms with E-state index < -0.39 is 0 Å². The van der Waals surface area contributed by atoms with Crippen molar-refractivity contribution in [1.29, 1.82) is 0 Å². The summed E-state index contributed by atoms with van der Waals surface area (Å²) in [5.74, 6) is 0. The van der Waals surface area contributed by atoms with Crippen molar-refractivity contribution in [2.24, 2.45) is 0 Å². The van der Waals surface area contributed by atoms with Crippen LogP contribution in [0.15, 0.2) is 30.4 Å². The molecule has 1 aliphatic carbocycles. The molecule has 59 valence electrons. The molecule has 0 unspecified atom stereocenters. The summed E-state index contributed by atoms with van der Waals surface area (Å²) in [6.07, 6.45) is 20.0. The van der Waals surface area contributed by atoms with E-state index in [4.69, 9.17) is 0 Å². The predicted molar refractivity (Wildman–Crippen MR) is 49.2 cm³/mol. The normalized spacial score (nSPS) is 28.4. The van der Waals surface area contributed by atoms with Gasteiger partial charge in [0.15, 0.2) is 0 Å². The zero-order chi connectivity index (χ0) is 7.78. The van der Waals surface area contributed by atoms with E-state index in [2.05, 4.69) is 24.3 Å². The molecule has 1 rings (SSSR count). The molecule has 0 aromatic carbocycles. The van der Waals surface area contributed by atoms with Gasteiger partial charge in [0.1, 0.15) is 0 Å². The Kier molecular flexibility index (Phi) is 4.51. The van der Waals surface area contributed by atoms with Crippen LogP contribution in [-0.4, -0.2) is 0 Å². The Morgan fingerprint density at radius 1 is 0.909 bits per heavy atom. The van der Waals surface area contributed by atoms with E-state index >= 15 is 0 Å². The molecule has 0 saturated heterocycles. The van der Waals surface area contributed by atoms with E-state index in [0.29, 0.717) is 0 Å². The number of hydrogen-bond donors (Lipinski definition) is 0. The van der Waals surface area contributed by atoms with Crippen LogP contribution < -0.4 is 0 Å². The smallest absolute Gasteiger partial charge is 0.0276 e. The van der Waals surface area contributed by atoms with Crippen LogP contribution in [0.3, 0.4) is 0 Å². The second-order valence-electron chi connectivity index (χ2n) is 2.78. The highest BCUT2D eigenvalue weighted by atomic mass is 13.9. The van der Waals surface area contributed by atoms with Crippen LogP contribution in [-0.2, 0) is 0 Å². The number of rotatable bonds is 0. The van der Waals surface area contributed by atoms with Gasteiger partial charge in [-0.15, -0.1) is 0 Å². The van der Waals surface area contributed by atoms with Gasteiger partial charge in [-0.1, -0.05) is 36.8 Å². The Balaban J connectivity index is 2.36. The fourth-order valence-electron chi connectivity index (χ4n) is 1.11. The fourth-order valence-corrected chi connectivity index (χ4v) is 1.11. The lowest BCUT2D eigenvalue weighted by Gasteiger charge is -1.92. The molecular formula is C11H15. The molecule has 1 radical (unpaired) electrons. The molecule has 0 aliphatic heterocycles. The third-order valence-corrected chi connectivity index (χ3v) is 1.76. The summed E-state index contributed by atoms with van der Waals surface area (Å²) in [5.41, 5.74) is 0. The minimum absolute atomic E-state index is 1.12. The van der Waals surface area contributed by atoms with Crippen LogP contribution in [0.1, 0.15) is 32.1 Å². The van der Waals surface area contributed by atoms with Gasteiger partial charge in [0.2, 0.25) is 0 Å². The summed E-state index contributed by atoms with van der Waals surface area (Å²) in [5, 5.41) is 0. The van der Waals surface area contributed by atoms with E-state index in [-0.39, 0.29) is 0 Å². The molecule has 0 aromatic rings. The molecule has 0 bridgehead atoms. The maximum Gasteiger partial charge on any atom is -0.0276 e. The summed E-state index contributed by atoms with van der Waals surface area (Å²) < 4.78 is 0. The quantitative estimate of drug-likeness (QED) is 0.492. The molecule has 0 N–H and O–H groups in total. The van der Waals surface area contributed by atoms with E-state index in [1.54, 1.807) is 0 Å². The van der Waals surface area contributed by atoms with Crippen molar-refractivity contribution >= 4 is 0 Å². The Hall–Kier alpha value is -0.780. The Morgan fingerprint density at radius 3 is 2.91 bits per heavy atom. The maximum atomic E-state index is 3.24. The Labute approximate surface area is 69.3 Å². The zero-order valence-corrected chi connectivity index (χ0v) is 6.92. The summed E-state index contributed by atoms with van der Waals surface area (Å²) in [6.45, 7) is 0. The molecule has 0 spiro atoms. The van der Waals surface area contributed by atoms with Gasteiger partial charge in [0.25, 0.3) is 0 Å². The van der Waals surface area contributed by atoms with E-state index in [1.165, 1.54) is 25.7 Å². The van der Waals surface area contributed by atoms with Gasteiger partial charge in [-0.25, -0.2) is 0 Å². The molecule has 11 heavy (non-hydrogen) atoms. The topological polar surface area (TPSA) is 0 Å². The summed E-state index contributed by atoms with van der Waals surface area (Å²) >= 11 is 0. The van der Waals surface area contributed by atoms with Crippen molar-refractivity contribution < 1.29 is 0 Å². The molecule has 0 amide bonds. The minimum atomic E-state index is 1.12. The lowest BCUT2D eigenvalue weighted by molar-refractivity contribution is 0.691. The van der Waals surface area contributed by atoms with Crippen molar-refractivity contribution in [3.63, 3.8) is 0 Å². The molecule has 0 aromatic heterocycles. The van der Waals surface area contributed by atoms with Crippen LogP contribution in [0.2, 0.25) is 0 Å². The van der Waals surface area contributed by atoms with Crippen molar-refractivity contribution in [3.05, 3.63) is 36.5 Å². The first-order valence-electron chi connectivity index (χ1n) is 4.38. The summed E-state index contributed by atoms with van der Waals surface area (Å²) in [7, 11) is 0. The first kappa shape index (κ1) is 8.32. The Bertz CT molecular complexity index is 143. The Morgan fingerprint density at radius 2 is 1.91 bits per heavy atom. The molecule has 0 fully saturated rings. The van der Waals surface area contributed by atoms with Crippen molar-refractivity contribution in [2.45, 2.75) is 32.1 Å². The molecule has 0 heteroatoms. The maximum absolute atomic E-state index is 3.24. The highest BCUT2D eigenvalue weighted by Crippen LogP contribution is 2.04. The van der Waals surface area contributed by atoms with Gasteiger partial charge >= 0.3 is 0 Å². The van der Waals surface area contributed by atoms with E-state index in [1.807, 2.05) is 12.2 Å².